The van der Waals surface area contributed by atoms with Crippen LogP contribution in [0, 0.1) is 0 Å². The minimum Gasteiger partial charge on any atom is -0.299 e. The van der Waals surface area contributed by atoms with Crippen LogP contribution in [0.1, 0.15) is 39.3 Å². The van der Waals surface area contributed by atoms with Gasteiger partial charge in [-0.15, -0.1) is 0 Å². The van der Waals surface area contributed by atoms with Crippen LogP contribution in [0.2, 0.25) is 5.02 Å². The largest absolute Gasteiger partial charge is 0.330 e. The first-order valence-corrected chi connectivity index (χ1v) is 5.71. The molecule has 0 aliphatic carbocycles. The fourth-order valence-corrected chi connectivity index (χ4v) is 1.93. The van der Waals surface area contributed by atoms with Gasteiger partial charge in [0.2, 0.25) is 0 Å². The Hall–Kier alpha value is -1.03. The van der Waals surface area contributed by atoms with Crippen molar-refractivity contribution in [3.63, 3.8) is 0 Å². The van der Waals surface area contributed by atoms with Crippen LogP contribution in [-0.2, 0) is 14.1 Å². The van der Waals surface area contributed by atoms with Crippen molar-refractivity contribution in [2.75, 3.05) is 0 Å². The average Bonchev–Trinajstić information content (AvgIpc) is 2.26. The average molecular weight is 247 g/mol. The van der Waals surface area contributed by atoms with Crippen molar-refractivity contribution in [2.45, 2.75) is 33.6 Å². The minimum absolute atomic E-state index is 0.0501. The predicted molar refractivity (Wildman–Crippen MR) is 67.4 cm³/mol. The van der Waals surface area contributed by atoms with Gasteiger partial charge in [-0.3, -0.25) is 13.9 Å². The van der Waals surface area contributed by atoms with E-state index >= 15 is 0 Å². The summed E-state index contributed by atoms with van der Waals surface area (Å²) in [4.78, 5) is 23.0. The SMILES string of the molecule is CC.CC(C)c1c(Cl)c(=O)n(C)c(=O)n1C. The summed E-state index contributed by atoms with van der Waals surface area (Å²) in [6.45, 7) is 7.78. The Labute approximate surface area is 100 Å². The van der Waals surface area contributed by atoms with Gasteiger partial charge in [-0.1, -0.05) is 39.3 Å². The minimum atomic E-state index is -0.432. The van der Waals surface area contributed by atoms with Crippen molar-refractivity contribution < 1.29 is 0 Å². The smallest absolute Gasteiger partial charge is 0.299 e. The fourth-order valence-electron chi connectivity index (χ4n) is 1.46. The zero-order valence-electron chi connectivity index (χ0n) is 10.7. The molecule has 0 aliphatic heterocycles. The summed E-state index contributed by atoms with van der Waals surface area (Å²) >= 11 is 5.88. The summed E-state index contributed by atoms with van der Waals surface area (Å²) < 4.78 is 2.42. The third kappa shape index (κ3) is 2.55. The van der Waals surface area contributed by atoms with Gasteiger partial charge >= 0.3 is 5.69 Å². The standard InChI is InChI=1S/C9H13ClN2O2.C2H6/c1-5(2)7-6(10)8(13)12(4)9(14)11(7)3;1-2/h5H,1-4H3;1-2H3. The second-order valence-electron chi connectivity index (χ2n) is 3.56. The van der Waals surface area contributed by atoms with Crippen molar-refractivity contribution in [3.05, 3.63) is 31.6 Å². The van der Waals surface area contributed by atoms with E-state index in [0.29, 0.717) is 5.69 Å². The molecule has 0 unspecified atom stereocenters. The molecule has 1 rings (SSSR count). The second-order valence-corrected chi connectivity index (χ2v) is 3.94. The zero-order valence-corrected chi connectivity index (χ0v) is 11.4. The Morgan fingerprint density at radius 2 is 1.50 bits per heavy atom. The molecule has 5 heteroatoms. The Bertz CT molecular complexity index is 435. The monoisotopic (exact) mass is 246 g/mol. The lowest BCUT2D eigenvalue weighted by molar-refractivity contribution is 0.624. The Morgan fingerprint density at radius 3 is 1.88 bits per heavy atom. The molecule has 0 radical (unpaired) electrons. The lowest BCUT2D eigenvalue weighted by atomic mass is 10.1. The Balaban J connectivity index is 0.00000106. The van der Waals surface area contributed by atoms with Gasteiger partial charge in [0, 0.05) is 19.8 Å². The van der Waals surface area contributed by atoms with E-state index in [9.17, 15) is 9.59 Å². The van der Waals surface area contributed by atoms with Crippen LogP contribution in [0.4, 0.5) is 0 Å². The number of hydrogen-bond donors (Lipinski definition) is 0. The van der Waals surface area contributed by atoms with Crippen molar-refractivity contribution in [1.82, 2.24) is 9.13 Å². The summed E-state index contributed by atoms with van der Waals surface area (Å²) in [6.07, 6.45) is 0. The van der Waals surface area contributed by atoms with Gasteiger partial charge in [-0.2, -0.15) is 0 Å². The highest BCUT2D eigenvalue weighted by Crippen LogP contribution is 2.18. The normalized spacial score (nSPS) is 10.0. The van der Waals surface area contributed by atoms with Crippen LogP contribution in [-0.4, -0.2) is 9.13 Å². The van der Waals surface area contributed by atoms with Crippen molar-refractivity contribution in [3.8, 4) is 0 Å². The zero-order chi connectivity index (χ0) is 13.0. The van der Waals surface area contributed by atoms with E-state index < -0.39 is 5.56 Å². The summed E-state index contributed by atoms with van der Waals surface area (Å²) in [7, 11) is 3.03. The number of halogens is 1. The summed E-state index contributed by atoms with van der Waals surface area (Å²) in [6, 6.07) is 0. The van der Waals surface area contributed by atoms with Crippen molar-refractivity contribution in [1.29, 1.82) is 0 Å². The molecular formula is C11H19ClN2O2. The molecule has 1 aromatic heterocycles. The van der Waals surface area contributed by atoms with Gasteiger partial charge in [0.25, 0.3) is 5.56 Å². The summed E-state index contributed by atoms with van der Waals surface area (Å²) in [5.41, 5.74) is -0.193. The number of nitrogens with zero attached hydrogens (tertiary/aromatic N) is 2. The highest BCUT2D eigenvalue weighted by molar-refractivity contribution is 6.31. The molecule has 92 valence electrons. The molecule has 0 N–H and O–H groups in total. The molecule has 0 bridgehead atoms. The van der Waals surface area contributed by atoms with E-state index in [-0.39, 0.29) is 16.6 Å². The maximum atomic E-state index is 11.5. The molecule has 0 saturated carbocycles. The van der Waals surface area contributed by atoms with Crippen LogP contribution in [0.5, 0.6) is 0 Å². The summed E-state index contributed by atoms with van der Waals surface area (Å²) in [5, 5.41) is 0.129. The van der Waals surface area contributed by atoms with E-state index in [4.69, 9.17) is 11.6 Å². The van der Waals surface area contributed by atoms with Gasteiger partial charge in [0.05, 0.1) is 0 Å². The molecule has 1 aromatic rings. The molecule has 0 saturated heterocycles. The maximum Gasteiger partial charge on any atom is 0.330 e. The van der Waals surface area contributed by atoms with Crippen molar-refractivity contribution in [2.24, 2.45) is 14.1 Å². The van der Waals surface area contributed by atoms with E-state index in [0.717, 1.165) is 4.57 Å². The van der Waals surface area contributed by atoms with Gasteiger partial charge in [0.1, 0.15) is 5.02 Å². The first-order valence-electron chi connectivity index (χ1n) is 5.33. The maximum absolute atomic E-state index is 11.5. The molecule has 0 amide bonds. The third-order valence-corrected chi connectivity index (χ3v) is 2.55. The quantitative estimate of drug-likeness (QED) is 0.760. The van der Waals surface area contributed by atoms with Crippen LogP contribution in [0.3, 0.4) is 0 Å². The molecule has 0 aliphatic rings. The molecule has 0 atom stereocenters. The van der Waals surface area contributed by atoms with Gasteiger partial charge in [0.15, 0.2) is 0 Å². The second kappa shape index (κ2) is 5.89. The topological polar surface area (TPSA) is 44.0 Å². The highest BCUT2D eigenvalue weighted by atomic mass is 35.5. The summed E-state index contributed by atoms with van der Waals surface area (Å²) in [5.74, 6) is 0.0501. The highest BCUT2D eigenvalue weighted by Gasteiger charge is 2.15. The predicted octanol–water partition coefficient (Wildman–Crippen LogP) is 1.89. The lowest BCUT2D eigenvalue weighted by Gasteiger charge is -2.14. The Morgan fingerprint density at radius 1 is 1.06 bits per heavy atom. The van der Waals surface area contributed by atoms with Crippen molar-refractivity contribution >= 4 is 11.6 Å². The lowest BCUT2D eigenvalue weighted by Crippen LogP contribution is -2.39. The van der Waals surface area contributed by atoms with Gasteiger partial charge < -0.3 is 0 Å². The molecule has 1 heterocycles. The molecule has 0 fully saturated rings. The van der Waals surface area contributed by atoms with E-state index in [1.807, 2.05) is 27.7 Å². The fraction of sp³-hybridized carbons (Fsp3) is 0.636. The van der Waals surface area contributed by atoms with Crippen LogP contribution >= 0.6 is 11.6 Å². The van der Waals surface area contributed by atoms with Crippen LogP contribution in [0.15, 0.2) is 9.59 Å². The van der Waals surface area contributed by atoms with E-state index in [2.05, 4.69) is 0 Å². The molecular weight excluding hydrogens is 228 g/mol. The molecule has 0 spiro atoms. The molecule has 0 aromatic carbocycles. The Kier molecular flexibility index (Phi) is 5.51. The van der Waals surface area contributed by atoms with E-state index in [1.165, 1.54) is 11.6 Å². The molecule has 4 nitrogen and oxygen atoms in total. The number of aromatic nitrogens is 2. The first kappa shape index (κ1) is 15.0. The molecule has 16 heavy (non-hydrogen) atoms. The van der Waals surface area contributed by atoms with Gasteiger partial charge in [-0.05, 0) is 5.92 Å². The number of rotatable bonds is 1. The first-order chi connectivity index (χ1) is 7.37. The van der Waals surface area contributed by atoms with Crippen LogP contribution < -0.4 is 11.2 Å². The van der Waals surface area contributed by atoms with Crippen LogP contribution in [0.25, 0.3) is 0 Å². The van der Waals surface area contributed by atoms with Gasteiger partial charge in [-0.25, -0.2) is 4.79 Å². The van der Waals surface area contributed by atoms with E-state index in [1.54, 1.807) is 7.05 Å². The number of hydrogen-bond acceptors (Lipinski definition) is 2. The third-order valence-electron chi connectivity index (χ3n) is 2.20.